The third-order valence-electron chi connectivity index (χ3n) is 5.15. The highest BCUT2D eigenvalue weighted by Gasteiger charge is 2.31. The van der Waals surface area contributed by atoms with E-state index in [1.54, 1.807) is 17.0 Å². The third-order valence-corrected chi connectivity index (χ3v) is 5.72. The fraction of sp³-hybridized carbons (Fsp3) is 0.348. The fourth-order valence-corrected chi connectivity index (χ4v) is 4.17. The van der Waals surface area contributed by atoms with E-state index in [4.69, 9.17) is 37.1 Å². The Morgan fingerprint density at radius 3 is 2.52 bits per heavy atom. The number of nitrogens with one attached hydrogen (secondary N) is 1. The first-order chi connectivity index (χ1) is 15.6. The van der Waals surface area contributed by atoms with Gasteiger partial charge in [-0.15, -0.1) is 0 Å². The number of furan rings is 1. The van der Waals surface area contributed by atoms with Crippen LogP contribution in [0, 0.1) is 0 Å². The Labute approximate surface area is 200 Å². The zero-order valence-electron chi connectivity index (χ0n) is 18.6. The third kappa shape index (κ3) is 4.58. The minimum absolute atomic E-state index is 0.214. The Morgan fingerprint density at radius 1 is 1.18 bits per heavy atom. The highest BCUT2D eigenvalue weighted by molar-refractivity contribution is 6.39. The van der Waals surface area contributed by atoms with Crippen LogP contribution in [0.15, 0.2) is 28.9 Å². The summed E-state index contributed by atoms with van der Waals surface area (Å²) in [5.74, 6) is 0.749. The first-order valence-corrected chi connectivity index (χ1v) is 11.0. The number of benzene rings is 1. The Balaban J connectivity index is 1.76. The summed E-state index contributed by atoms with van der Waals surface area (Å²) in [6.45, 7) is 6.12. The Bertz CT molecular complexity index is 1230. The summed E-state index contributed by atoms with van der Waals surface area (Å²) >= 11 is 12.3. The highest BCUT2D eigenvalue weighted by Crippen LogP contribution is 2.39. The highest BCUT2D eigenvalue weighted by atomic mass is 35.5. The second-order valence-electron chi connectivity index (χ2n) is 8.61. The molecule has 0 radical (unpaired) electrons. The second kappa shape index (κ2) is 8.76. The van der Waals surface area contributed by atoms with Gasteiger partial charge in [-0.25, -0.2) is 4.79 Å². The molecule has 0 saturated heterocycles. The molecular formula is C23H23Cl2N3O5. The second-order valence-corrected chi connectivity index (χ2v) is 9.42. The van der Waals surface area contributed by atoms with Crippen LogP contribution in [0.1, 0.15) is 42.5 Å². The summed E-state index contributed by atoms with van der Waals surface area (Å²) in [5, 5.41) is 3.75. The Morgan fingerprint density at radius 2 is 1.88 bits per heavy atom. The predicted molar refractivity (Wildman–Crippen MR) is 125 cm³/mol. The molecule has 10 heteroatoms. The molecule has 0 fully saturated rings. The predicted octanol–water partition coefficient (Wildman–Crippen LogP) is 5.69. The van der Waals surface area contributed by atoms with Gasteiger partial charge in [0.1, 0.15) is 11.4 Å². The lowest BCUT2D eigenvalue weighted by molar-refractivity contribution is 0.0220. The van der Waals surface area contributed by atoms with Crippen molar-refractivity contribution >= 4 is 51.9 Å². The van der Waals surface area contributed by atoms with Gasteiger partial charge in [0.15, 0.2) is 11.3 Å². The zero-order valence-corrected chi connectivity index (χ0v) is 20.1. The molecule has 0 aliphatic carbocycles. The number of aromatic nitrogens is 1. The minimum atomic E-state index is -0.618. The number of ether oxygens (including phenoxy) is 2. The summed E-state index contributed by atoms with van der Waals surface area (Å²) in [5.41, 5.74) is 1.15. The molecule has 0 spiro atoms. The average Bonchev–Trinajstić information content (AvgIpc) is 3.13. The molecule has 1 aliphatic heterocycles. The van der Waals surface area contributed by atoms with Crippen LogP contribution in [-0.2, 0) is 17.7 Å². The van der Waals surface area contributed by atoms with Crippen molar-refractivity contribution in [2.24, 2.45) is 0 Å². The lowest BCUT2D eigenvalue weighted by atomic mass is 10.00. The molecule has 3 heterocycles. The molecule has 2 aromatic heterocycles. The first-order valence-electron chi connectivity index (χ1n) is 10.3. The molecular weight excluding hydrogens is 469 g/mol. The molecule has 0 bridgehead atoms. The fourth-order valence-electron chi connectivity index (χ4n) is 3.71. The van der Waals surface area contributed by atoms with E-state index in [2.05, 4.69) is 10.3 Å². The van der Waals surface area contributed by atoms with Gasteiger partial charge in [-0.1, -0.05) is 23.2 Å². The van der Waals surface area contributed by atoms with Gasteiger partial charge in [0, 0.05) is 36.3 Å². The molecule has 0 unspecified atom stereocenters. The van der Waals surface area contributed by atoms with Crippen LogP contribution in [0.4, 0.5) is 10.5 Å². The van der Waals surface area contributed by atoms with Gasteiger partial charge in [0.25, 0.3) is 5.91 Å². The number of anilines is 1. The molecule has 174 valence electrons. The number of amides is 2. The number of nitrogens with zero attached hydrogens (tertiary/aromatic N) is 2. The van der Waals surface area contributed by atoms with E-state index in [0.29, 0.717) is 41.0 Å². The van der Waals surface area contributed by atoms with E-state index >= 15 is 0 Å². The number of methoxy groups -OCH3 is 1. The maximum absolute atomic E-state index is 13.3. The van der Waals surface area contributed by atoms with Crippen LogP contribution in [0.3, 0.4) is 0 Å². The van der Waals surface area contributed by atoms with Crippen molar-refractivity contribution in [1.82, 2.24) is 9.88 Å². The molecule has 33 heavy (non-hydrogen) atoms. The molecule has 1 aromatic carbocycles. The van der Waals surface area contributed by atoms with Crippen molar-refractivity contribution < 1.29 is 23.5 Å². The van der Waals surface area contributed by atoms with Crippen LogP contribution in [0.2, 0.25) is 10.0 Å². The van der Waals surface area contributed by atoms with E-state index in [0.717, 1.165) is 5.56 Å². The topological polar surface area (TPSA) is 93.9 Å². The maximum atomic E-state index is 13.3. The van der Waals surface area contributed by atoms with Crippen LogP contribution in [-0.4, -0.2) is 41.1 Å². The Kier molecular flexibility index (Phi) is 6.16. The van der Waals surface area contributed by atoms with E-state index in [9.17, 15) is 9.59 Å². The number of carbonyl (C=O) groups excluding carboxylic acids is 2. The lowest BCUT2D eigenvalue weighted by Crippen LogP contribution is -2.39. The number of hydrogen-bond acceptors (Lipinski definition) is 6. The molecule has 0 saturated carbocycles. The van der Waals surface area contributed by atoms with Crippen molar-refractivity contribution in [3.63, 3.8) is 0 Å². The van der Waals surface area contributed by atoms with Gasteiger partial charge in [-0.3, -0.25) is 9.78 Å². The SMILES string of the molecule is COc1ccc(C(=O)Nc2c(Cl)cncc2Cl)c2c3c(oc12)CCN(C(=O)OC(C)(C)C)C3. The summed E-state index contributed by atoms with van der Waals surface area (Å²) in [4.78, 5) is 31.5. The minimum Gasteiger partial charge on any atom is -0.493 e. The number of fused-ring (bicyclic) bond motifs is 3. The smallest absolute Gasteiger partial charge is 0.410 e. The van der Waals surface area contributed by atoms with E-state index < -0.39 is 17.6 Å². The molecule has 4 rings (SSSR count). The average molecular weight is 492 g/mol. The van der Waals surface area contributed by atoms with Crippen LogP contribution in [0.25, 0.3) is 11.0 Å². The first kappa shape index (κ1) is 23.2. The zero-order chi connectivity index (χ0) is 23.9. The molecule has 2 amide bonds. The number of halogens is 2. The lowest BCUT2D eigenvalue weighted by Gasteiger charge is -2.29. The van der Waals surface area contributed by atoms with Gasteiger partial charge in [0.05, 0.1) is 35.0 Å². The van der Waals surface area contributed by atoms with Crippen LogP contribution >= 0.6 is 23.2 Å². The monoisotopic (exact) mass is 491 g/mol. The maximum Gasteiger partial charge on any atom is 0.410 e. The molecule has 8 nitrogen and oxygen atoms in total. The van der Waals surface area contributed by atoms with E-state index in [1.165, 1.54) is 19.5 Å². The number of carbonyl (C=O) groups is 2. The number of hydrogen-bond donors (Lipinski definition) is 1. The summed E-state index contributed by atoms with van der Waals surface area (Å²) in [6.07, 6.45) is 2.85. The number of pyridine rings is 1. The Hall–Kier alpha value is -2.97. The summed E-state index contributed by atoms with van der Waals surface area (Å²) in [6, 6.07) is 3.30. The molecule has 3 aromatic rings. The van der Waals surface area contributed by atoms with E-state index in [-0.39, 0.29) is 22.3 Å². The van der Waals surface area contributed by atoms with Crippen molar-refractivity contribution in [2.75, 3.05) is 19.0 Å². The van der Waals surface area contributed by atoms with Gasteiger partial charge >= 0.3 is 6.09 Å². The molecule has 1 N–H and O–H groups in total. The number of rotatable bonds is 3. The van der Waals surface area contributed by atoms with Crippen molar-refractivity contribution in [3.8, 4) is 5.75 Å². The van der Waals surface area contributed by atoms with E-state index in [1.807, 2.05) is 20.8 Å². The van der Waals surface area contributed by atoms with Gasteiger partial charge in [-0.05, 0) is 32.9 Å². The van der Waals surface area contributed by atoms with Gasteiger partial charge < -0.3 is 24.1 Å². The van der Waals surface area contributed by atoms with Crippen LogP contribution < -0.4 is 10.1 Å². The van der Waals surface area contributed by atoms with Gasteiger partial charge in [0.2, 0.25) is 0 Å². The van der Waals surface area contributed by atoms with Gasteiger partial charge in [-0.2, -0.15) is 0 Å². The van der Waals surface area contributed by atoms with Crippen molar-refractivity contribution in [1.29, 1.82) is 0 Å². The molecule has 1 aliphatic rings. The standard InChI is InChI=1S/C23H23Cl2N3O5/c1-23(2,3)33-22(30)28-8-7-16-13(11-28)18-12(5-6-17(31-4)20(18)32-16)21(29)27-19-14(24)9-26-10-15(19)25/h5-6,9-10H,7-8,11H2,1-4H3,(H,26,27,29). The largest absolute Gasteiger partial charge is 0.493 e. The van der Waals surface area contributed by atoms with Crippen LogP contribution in [0.5, 0.6) is 5.75 Å². The molecule has 0 atom stereocenters. The van der Waals surface area contributed by atoms with Crippen molar-refractivity contribution in [2.45, 2.75) is 39.3 Å². The quantitative estimate of drug-likeness (QED) is 0.505. The van der Waals surface area contributed by atoms with Crippen molar-refractivity contribution in [3.05, 3.63) is 51.5 Å². The summed E-state index contributed by atoms with van der Waals surface area (Å²) in [7, 11) is 1.53. The normalized spacial score (nSPS) is 13.6. The summed E-state index contributed by atoms with van der Waals surface area (Å²) < 4.78 is 17.1.